The first-order valence-electron chi connectivity index (χ1n) is 8.32. The van der Waals surface area contributed by atoms with Gasteiger partial charge in [-0.1, -0.05) is 12.1 Å². The van der Waals surface area contributed by atoms with Crippen molar-refractivity contribution >= 4 is 5.69 Å². The van der Waals surface area contributed by atoms with E-state index in [1.54, 1.807) is 24.3 Å². The molecule has 128 valence electrons. The molecule has 0 saturated carbocycles. The summed E-state index contributed by atoms with van der Waals surface area (Å²) in [7, 11) is 1.96. The van der Waals surface area contributed by atoms with Crippen LogP contribution in [0.15, 0.2) is 48.5 Å². The summed E-state index contributed by atoms with van der Waals surface area (Å²) in [6.07, 6.45) is 2.14. The Hall–Kier alpha value is -2.27. The average Bonchev–Trinajstić information content (AvgIpc) is 2.64. The highest BCUT2D eigenvalue weighted by atomic mass is 19.3. The van der Waals surface area contributed by atoms with Gasteiger partial charge in [0.25, 0.3) is 0 Å². The van der Waals surface area contributed by atoms with Gasteiger partial charge >= 0.3 is 0 Å². The molecule has 24 heavy (non-hydrogen) atoms. The quantitative estimate of drug-likeness (QED) is 0.875. The molecule has 0 bridgehead atoms. The standard InChI is InChI=1S/C19H23FN2O2/c1-21-14-15-2-4-16(5-3-15)22-12-10-18(11-13-22)23-17-6-8-19(24-20)9-7-17/h2-9,18,21H,10-14H2,1H3. The molecule has 1 aliphatic heterocycles. The van der Waals surface area contributed by atoms with Crippen molar-refractivity contribution in [1.82, 2.24) is 5.32 Å². The van der Waals surface area contributed by atoms with E-state index in [-0.39, 0.29) is 11.9 Å². The number of nitrogens with zero attached hydrogens (tertiary/aromatic N) is 1. The molecular weight excluding hydrogens is 307 g/mol. The van der Waals surface area contributed by atoms with Gasteiger partial charge in [-0.25, -0.2) is 0 Å². The Bertz CT molecular complexity index is 623. The molecule has 4 nitrogen and oxygen atoms in total. The third kappa shape index (κ3) is 4.17. The van der Waals surface area contributed by atoms with E-state index < -0.39 is 0 Å². The zero-order valence-electron chi connectivity index (χ0n) is 13.9. The molecule has 0 atom stereocenters. The minimum Gasteiger partial charge on any atom is -0.490 e. The van der Waals surface area contributed by atoms with E-state index in [4.69, 9.17) is 4.74 Å². The Balaban J connectivity index is 1.51. The van der Waals surface area contributed by atoms with Crippen LogP contribution in [0.4, 0.5) is 10.2 Å². The number of hydrogen-bond acceptors (Lipinski definition) is 4. The number of nitrogens with one attached hydrogen (secondary N) is 1. The summed E-state index contributed by atoms with van der Waals surface area (Å²) in [6.45, 7) is 2.84. The summed E-state index contributed by atoms with van der Waals surface area (Å²) in [6, 6.07) is 15.3. The van der Waals surface area contributed by atoms with E-state index in [0.29, 0.717) is 0 Å². The maximum Gasteiger partial charge on any atom is 0.172 e. The Kier molecular flexibility index (Phi) is 5.54. The highest BCUT2D eigenvalue weighted by Crippen LogP contribution is 2.25. The zero-order valence-corrected chi connectivity index (χ0v) is 13.9. The van der Waals surface area contributed by atoms with Crippen molar-refractivity contribution in [3.63, 3.8) is 0 Å². The van der Waals surface area contributed by atoms with E-state index in [9.17, 15) is 4.53 Å². The second kappa shape index (κ2) is 8.02. The SMILES string of the molecule is CNCc1ccc(N2CCC(Oc3ccc(OF)cc3)CC2)cc1. The summed E-state index contributed by atoms with van der Waals surface area (Å²) in [5, 5.41) is 3.16. The molecular formula is C19H23FN2O2. The summed E-state index contributed by atoms with van der Waals surface area (Å²) in [5.74, 6) is 0.949. The number of piperidine rings is 1. The van der Waals surface area contributed by atoms with Crippen LogP contribution in [0.25, 0.3) is 0 Å². The Morgan fingerprint density at radius 2 is 1.62 bits per heavy atom. The molecule has 0 aliphatic carbocycles. The van der Waals surface area contributed by atoms with Gasteiger partial charge in [0.2, 0.25) is 0 Å². The van der Waals surface area contributed by atoms with Gasteiger partial charge in [-0.15, -0.1) is 0 Å². The van der Waals surface area contributed by atoms with Crippen molar-refractivity contribution in [3.8, 4) is 11.5 Å². The van der Waals surface area contributed by atoms with Gasteiger partial charge in [0.1, 0.15) is 11.9 Å². The van der Waals surface area contributed by atoms with Crippen molar-refractivity contribution in [1.29, 1.82) is 0 Å². The number of rotatable bonds is 6. The average molecular weight is 330 g/mol. The lowest BCUT2D eigenvalue weighted by Gasteiger charge is -2.33. The molecule has 5 heteroatoms. The second-order valence-electron chi connectivity index (χ2n) is 6.05. The summed E-state index contributed by atoms with van der Waals surface area (Å²) in [5.41, 5.74) is 2.55. The summed E-state index contributed by atoms with van der Waals surface area (Å²) >= 11 is 0. The molecule has 1 fully saturated rings. The van der Waals surface area contributed by atoms with Crippen molar-refractivity contribution in [2.75, 3.05) is 25.0 Å². The first kappa shape index (κ1) is 16.6. The molecule has 0 radical (unpaired) electrons. The fraction of sp³-hybridized carbons (Fsp3) is 0.368. The molecule has 0 amide bonds. The molecule has 2 aromatic rings. The van der Waals surface area contributed by atoms with E-state index >= 15 is 0 Å². The number of ether oxygens (including phenoxy) is 1. The monoisotopic (exact) mass is 330 g/mol. The molecule has 1 N–H and O–H groups in total. The van der Waals surface area contributed by atoms with Crippen LogP contribution in [0.2, 0.25) is 0 Å². The van der Waals surface area contributed by atoms with Crippen LogP contribution >= 0.6 is 0 Å². The van der Waals surface area contributed by atoms with Crippen LogP contribution in [0.3, 0.4) is 0 Å². The lowest BCUT2D eigenvalue weighted by molar-refractivity contribution is -0.00629. The maximum atomic E-state index is 12.0. The smallest absolute Gasteiger partial charge is 0.172 e. The molecule has 0 spiro atoms. The zero-order chi connectivity index (χ0) is 16.8. The van der Waals surface area contributed by atoms with Gasteiger partial charge in [-0.05, 0) is 49.0 Å². The van der Waals surface area contributed by atoms with Crippen LogP contribution in [0.5, 0.6) is 11.5 Å². The molecule has 0 aromatic heterocycles. The van der Waals surface area contributed by atoms with Crippen molar-refractivity contribution in [3.05, 3.63) is 54.1 Å². The van der Waals surface area contributed by atoms with E-state index in [2.05, 4.69) is 39.4 Å². The lowest BCUT2D eigenvalue weighted by atomic mass is 10.1. The van der Waals surface area contributed by atoms with Gasteiger partial charge < -0.3 is 15.0 Å². The first-order chi connectivity index (χ1) is 11.8. The first-order valence-corrected chi connectivity index (χ1v) is 8.32. The Morgan fingerprint density at radius 3 is 2.21 bits per heavy atom. The lowest BCUT2D eigenvalue weighted by Crippen LogP contribution is -2.38. The van der Waals surface area contributed by atoms with Crippen LogP contribution < -0.4 is 19.9 Å². The third-order valence-electron chi connectivity index (χ3n) is 4.34. The fourth-order valence-electron chi connectivity index (χ4n) is 3.02. The second-order valence-corrected chi connectivity index (χ2v) is 6.05. The number of benzene rings is 2. The predicted molar refractivity (Wildman–Crippen MR) is 93.2 cm³/mol. The van der Waals surface area contributed by atoms with E-state index in [1.165, 1.54) is 11.3 Å². The maximum absolute atomic E-state index is 12.0. The van der Waals surface area contributed by atoms with E-state index in [0.717, 1.165) is 38.2 Å². The van der Waals surface area contributed by atoms with E-state index in [1.807, 2.05) is 7.05 Å². The molecule has 1 saturated heterocycles. The van der Waals surface area contributed by atoms with Gasteiger partial charge in [-0.2, -0.15) is 0 Å². The van der Waals surface area contributed by atoms with Crippen LogP contribution in [-0.4, -0.2) is 26.2 Å². The molecule has 0 unspecified atom stereocenters. The molecule has 2 aromatic carbocycles. The normalized spacial score (nSPS) is 15.3. The largest absolute Gasteiger partial charge is 0.490 e. The minimum absolute atomic E-state index is 0.193. The number of halogens is 1. The molecule has 3 rings (SSSR count). The number of hydrogen-bond donors (Lipinski definition) is 1. The van der Waals surface area contributed by atoms with Crippen molar-refractivity contribution < 1.29 is 14.2 Å². The highest BCUT2D eigenvalue weighted by Gasteiger charge is 2.20. The summed E-state index contributed by atoms with van der Waals surface area (Å²) < 4.78 is 18.0. The van der Waals surface area contributed by atoms with Gasteiger partial charge in [0.15, 0.2) is 5.75 Å². The van der Waals surface area contributed by atoms with Crippen LogP contribution in [0.1, 0.15) is 18.4 Å². The molecule has 1 aliphatic rings. The topological polar surface area (TPSA) is 33.7 Å². The van der Waals surface area contributed by atoms with Crippen LogP contribution in [0, 0.1) is 0 Å². The van der Waals surface area contributed by atoms with Gasteiger partial charge in [0, 0.05) is 42.7 Å². The molecule has 1 heterocycles. The fourth-order valence-corrected chi connectivity index (χ4v) is 3.02. The van der Waals surface area contributed by atoms with Crippen molar-refractivity contribution in [2.45, 2.75) is 25.5 Å². The Labute approximate surface area is 142 Å². The van der Waals surface area contributed by atoms with Crippen molar-refractivity contribution in [2.24, 2.45) is 0 Å². The highest BCUT2D eigenvalue weighted by molar-refractivity contribution is 5.48. The Morgan fingerprint density at radius 1 is 1.00 bits per heavy atom. The predicted octanol–water partition coefficient (Wildman–Crippen LogP) is 3.72. The van der Waals surface area contributed by atoms with Crippen LogP contribution in [-0.2, 0) is 6.54 Å². The summed E-state index contributed by atoms with van der Waals surface area (Å²) in [4.78, 5) is 6.07. The van der Waals surface area contributed by atoms with Gasteiger partial charge in [0.05, 0.1) is 0 Å². The minimum atomic E-state index is 0.193. The third-order valence-corrected chi connectivity index (χ3v) is 4.34. The number of anilines is 1. The van der Waals surface area contributed by atoms with Gasteiger partial charge in [-0.3, -0.25) is 4.94 Å².